The van der Waals surface area contributed by atoms with Crippen LogP contribution in [-0.2, 0) is 9.59 Å². The van der Waals surface area contributed by atoms with Crippen LogP contribution in [0.2, 0.25) is 0 Å². The molecular weight excluding hydrogens is 320 g/mol. The number of aliphatic hydroxyl groups excluding tert-OH is 2. The number of aliphatic hydroxyl groups is 2. The lowest BCUT2D eigenvalue weighted by Crippen LogP contribution is -2.37. The maximum atomic E-state index is 12.4. The van der Waals surface area contributed by atoms with Crippen molar-refractivity contribution in [3.05, 3.63) is 29.3 Å². The van der Waals surface area contributed by atoms with Gasteiger partial charge < -0.3 is 20.4 Å². The number of carbonyl (C=O) groups is 2. The number of carbonyl (C=O) groups excluding carboxylic acids is 2. The number of rotatable bonds is 9. The van der Waals surface area contributed by atoms with Crippen LogP contribution in [0.3, 0.4) is 0 Å². The van der Waals surface area contributed by atoms with Gasteiger partial charge in [-0.1, -0.05) is 45.9 Å². The Morgan fingerprint density at radius 3 is 1.88 bits per heavy atom. The van der Waals surface area contributed by atoms with E-state index in [0.717, 1.165) is 16.8 Å². The second kappa shape index (κ2) is 10.2. The number of nitrogens with one attached hydrogen (secondary N) is 1. The van der Waals surface area contributed by atoms with E-state index in [9.17, 15) is 9.59 Å². The fourth-order valence-corrected chi connectivity index (χ4v) is 2.73. The van der Waals surface area contributed by atoms with E-state index in [4.69, 9.17) is 10.2 Å². The van der Waals surface area contributed by atoms with E-state index in [1.165, 1.54) is 4.90 Å². The Balaban J connectivity index is 2.94. The molecule has 0 saturated carbocycles. The molecule has 3 N–H and O–H groups in total. The third kappa shape index (κ3) is 6.14. The van der Waals surface area contributed by atoms with E-state index in [1.54, 1.807) is 0 Å². The molecule has 0 heterocycles. The number of hydrogen-bond donors (Lipinski definition) is 3. The first-order chi connectivity index (χ1) is 11.8. The largest absolute Gasteiger partial charge is 0.395 e. The van der Waals surface area contributed by atoms with Gasteiger partial charge in [-0.05, 0) is 23.0 Å². The van der Waals surface area contributed by atoms with Crippen molar-refractivity contribution in [2.24, 2.45) is 0 Å². The minimum atomic E-state index is -0.409. The predicted octanol–water partition coefficient (Wildman–Crippen LogP) is 2.08. The second-order valence-corrected chi connectivity index (χ2v) is 6.67. The van der Waals surface area contributed by atoms with Gasteiger partial charge in [-0.25, -0.2) is 0 Å². The number of anilines is 1. The summed E-state index contributed by atoms with van der Waals surface area (Å²) in [5, 5.41) is 20.9. The lowest BCUT2D eigenvalue weighted by Gasteiger charge is -2.22. The monoisotopic (exact) mass is 350 g/mol. The normalized spacial score (nSPS) is 11.0. The molecule has 0 radical (unpaired) electrons. The molecule has 6 heteroatoms. The molecule has 25 heavy (non-hydrogen) atoms. The van der Waals surface area contributed by atoms with Gasteiger partial charge in [0.1, 0.15) is 6.42 Å². The summed E-state index contributed by atoms with van der Waals surface area (Å²) in [6.07, 6.45) is -0.316. The number of nitrogens with zero attached hydrogens (tertiary/aromatic N) is 1. The topological polar surface area (TPSA) is 89.9 Å². The van der Waals surface area contributed by atoms with Crippen molar-refractivity contribution in [3.8, 4) is 0 Å². The van der Waals surface area contributed by atoms with Crippen molar-refractivity contribution in [2.75, 3.05) is 31.6 Å². The molecule has 1 rings (SSSR count). The van der Waals surface area contributed by atoms with Gasteiger partial charge in [0.05, 0.1) is 13.2 Å². The molecule has 140 valence electrons. The average molecular weight is 350 g/mol. The van der Waals surface area contributed by atoms with Gasteiger partial charge >= 0.3 is 0 Å². The molecule has 0 aliphatic carbocycles. The van der Waals surface area contributed by atoms with E-state index in [1.807, 2.05) is 18.2 Å². The zero-order valence-corrected chi connectivity index (χ0v) is 15.6. The summed E-state index contributed by atoms with van der Waals surface area (Å²) in [6.45, 7) is 8.03. The number of hydrogen-bond acceptors (Lipinski definition) is 4. The van der Waals surface area contributed by atoms with Crippen LogP contribution in [0, 0.1) is 0 Å². The minimum Gasteiger partial charge on any atom is -0.395 e. The van der Waals surface area contributed by atoms with Crippen LogP contribution in [0.15, 0.2) is 18.2 Å². The highest BCUT2D eigenvalue weighted by Gasteiger charge is 2.20. The highest BCUT2D eigenvalue weighted by molar-refractivity contribution is 6.04. The Bertz CT molecular complexity index is 553. The molecule has 6 nitrogen and oxygen atoms in total. The van der Waals surface area contributed by atoms with E-state index in [2.05, 4.69) is 33.0 Å². The highest BCUT2D eigenvalue weighted by Crippen LogP contribution is 2.32. The molecule has 0 saturated heterocycles. The molecule has 0 bridgehead atoms. The summed E-state index contributed by atoms with van der Waals surface area (Å²) in [5.74, 6) is -0.315. The molecule has 1 aromatic rings. The van der Waals surface area contributed by atoms with Crippen LogP contribution in [0.4, 0.5) is 5.69 Å². The third-order valence-electron chi connectivity index (χ3n) is 4.04. The minimum absolute atomic E-state index is 0.104. The van der Waals surface area contributed by atoms with Gasteiger partial charge in [-0.15, -0.1) is 0 Å². The molecule has 1 aromatic carbocycles. The molecule has 0 unspecified atom stereocenters. The summed E-state index contributed by atoms with van der Waals surface area (Å²) < 4.78 is 0. The SMILES string of the molecule is CC(C)c1cccc(C(C)C)c1NC(=O)CC(=O)N(CCO)CCO. The maximum absolute atomic E-state index is 12.4. The first-order valence-corrected chi connectivity index (χ1v) is 8.73. The molecular formula is C19H30N2O4. The van der Waals surface area contributed by atoms with E-state index >= 15 is 0 Å². The molecule has 0 spiro atoms. The first kappa shape index (κ1) is 21.1. The number of para-hydroxylation sites is 1. The average Bonchev–Trinajstić information content (AvgIpc) is 2.54. The smallest absolute Gasteiger partial charge is 0.233 e. The molecule has 0 atom stereocenters. The Morgan fingerprint density at radius 2 is 1.48 bits per heavy atom. The van der Waals surface area contributed by atoms with Crippen LogP contribution in [0.1, 0.15) is 57.1 Å². The van der Waals surface area contributed by atoms with Crippen molar-refractivity contribution >= 4 is 17.5 Å². The van der Waals surface area contributed by atoms with Crippen LogP contribution < -0.4 is 5.32 Å². The quantitative estimate of drug-likeness (QED) is 0.595. The summed E-state index contributed by atoms with van der Waals surface area (Å²) in [6, 6.07) is 5.95. The Kier molecular flexibility index (Phi) is 8.58. The van der Waals surface area contributed by atoms with Crippen molar-refractivity contribution in [1.29, 1.82) is 0 Å². The fraction of sp³-hybridized carbons (Fsp3) is 0.579. The number of benzene rings is 1. The van der Waals surface area contributed by atoms with Crippen molar-refractivity contribution < 1.29 is 19.8 Å². The van der Waals surface area contributed by atoms with Crippen LogP contribution in [0.5, 0.6) is 0 Å². The molecule has 0 aliphatic heterocycles. The fourth-order valence-electron chi connectivity index (χ4n) is 2.73. The van der Waals surface area contributed by atoms with Crippen molar-refractivity contribution in [2.45, 2.75) is 46.0 Å². The molecule has 0 aliphatic rings. The zero-order valence-electron chi connectivity index (χ0n) is 15.6. The van der Waals surface area contributed by atoms with Crippen molar-refractivity contribution in [3.63, 3.8) is 0 Å². The summed E-state index contributed by atoms with van der Waals surface area (Å²) in [7, 11) is 0. The summed E-state index contributed by atoms with van der Waals surface area (Å²) in [4.78, 5) is 25.9. The summed E-state index contributed by atoms with van der Waals surface area (Å²) >= 11 is 0. The molecule has 0 aromatic heterocycles. The van der Waals surface area contributed by atoms with E-state index < -0.39 is 5.91 Å². The highest BCUT2D eigenvalue weighted by atomic mass is 16.3. The van der Waals surface area contributed by atoms with E-state index in [0.29, 0.717) is 0 Å². The summed E-state index contributed by atoms with van der Waals surface area (Å²) in [5.41, 5.74) is 2.85. The van der Waals surface area contributed by atoms with Crippen LogP contribution in [-0.4, -0.2) is 53.2 Å². The molecule has 0 fully saturated rings. The van der Waals surface area contributed by atoms with Crippen molar-refractivity contribution in [1.82, 2.24) is 4.90 Å². The van der Waals surface area contributed by atoms with Gasteiger partial charge in [0.2, 0.25) is 11.8 Å². The third-order valence-corrected chi connectivity index (χ3v) is 4.04. The lowest BCUT2D eigenvalue weighted by molar-refractivity contribution is -0.135. The van der Waals surface area contributed by atoms with E-state index in [-0.39, 0.29) is 50.5 Å². The Hall–Kier alpha value is -1.92. The standard InChI is InChI=1S/C19H30N2O4/c1-13(2)15-6-5-7-16(14(3)4)19(15)20-17(24)12-18(25)21(8-10-22)9-11-23/h5-7,13-14,22-23H,8-12H2,1-4H3,(H,20,24). The van der Waals surface area contributed by atoms with Crippen LogP contribution >= 0.6 is 0 Å². The Labute approximate surface area is 149 Å². The first-order valence-electron chi connectivity index (χ1n) is 8.73. The van der Waals surface area contributed by atoms with Gasteiger partial charge in [0.15, 0.2) is 0 Å². The van der Waals surface area contributed by atoms with Gasteiger partial charge in [-0.2, -0.15) is 0 Å². The lowest BCUT2D eigenvalue weighted by atomic mass is 9.92. The zero-order chi connectivity index (χ0) is 19.0. The number of amides is 2. The second-order valence-electron chi connectivity index (χ2n) is 6.67. The molecule has 2 amide bonds. The van der Waals surface area contributed by atoms with Gasteiger partial charge in [0.25, 0.3) is 0 Å². The van der Waals surface area contributed by atoms with Gasteiger partial charge in [-0.3, -0.25) is 9.59 Å². The predicted molar refractivity (Wildman–Crippen MR) is 98.6 cm³/mol. The Morgan fingerprint density at radius 1 is 1.00 bits per heavy atom. The maximum Gasteiger partial charge on any atom is 0.233 e. The van der Waals surface area contributed by atoms with Gasteiger partial charge in [0, 0.05) is 18.8 Å². The van der Waals surface area contributed by atoms with Crippen LogP contribution in [0.25, 0.3) is 0 Å².